The van der Waals surface area contributed by atoms with Crippen molar-refractivity contribution >= 4 is 11.6 Å². The fraction of sp³-hybridized carbons (Fsp3) is 0.615. The van der Waals surface area contributed by atoms with Crippen molar-refractivity contribution in [1.29, 1.82) is 0 Å². The monoisotopic (exact) mass is 272 g/mol. The summed E-state index contributed by atoms with van der Waals surface area (Å²) < 4.78 is 10.9. The second-order valence-electron chi connectivity index (χ2n) is 4.59. The predicted octanol–water partition coefficient (Wildman–Crippen LogP) is 2.37. The maximum Gasteiger partial charge on any atom is 0.139 e. The maximum atomic E-state index is 5.86. The van der Waals surface area contributed by atoms with Gasteiger partial charge in [-0.15, -0.1) is 0 Å². The lowest BCUT2D eigenvalue weighted by molar-refractivity contribution is 0.0800. The molecule has 0 bridgehead atoms. The maximum absolute atomic E-state index is 5.86. The van der Waals surface area contributed by atoms with Gasteiger partial charge in [-0.3, -0.25) is 4.98 Å². The standard InChI is InChI=1S/C13H21ClN2O2/c1-10(2)5-15-8-13(9-17-3)18-12-4-11(14)6-16-7-12/h4,6-7,10,13,15H,5,8-9H2,1-3H3. The van der Waals surface area contributed by atoms with Gasteiger partial charge < -0.3 is 14.8 Å². The average molecular weight is 273 g/mol. The highest BCUT2D eigenvalue weighted by Crippen LogP contribution is 2.16. The summed E-state index contributed by atoms with van der Waals surface area (Å²) in [7, 11) is 1.66. The van der Waals surface area contributed by atoms with Crippen LogP contribution in [0.3, 0.4) is 0 Å². The van der Waals surface area contributed by atoms with Crippen LogP contribution in [-0.2, 0) is 4.74 Å². The molecule has 1 heterocycles. The lowest BCUT2D eigenvalue weighted by atomic mass is 10.2. The van der Waals surface area contributed by atoms with Crippen LogP contribution in [0.1, 0.15) is 13.8 Å². The van der Waals surface area contributed by atoms with Crippen LogP contribution in [0.15, 0.2) is 18.5 Å². The Morgan fingerprint density at radius 1 is 1.33 bits per heavy atom. The topological polar surface area (TPSA) is 43.4 Å². The first kappa shape index (κ1) is 15.2. The molecule has 1 rings (SSSR count). The van der Waals surface area contributed by atoms with Crippen molar-refractivity contribution in [3.8, 4) is 5.75 Å². The van der Waals surface area contributed by atoms with E-state index in [1.807, 2.05) is 0 Å². The number of halogens is 1. The molecule has 102 valence electrons. The Labute approximate surface area is 114 Å². The molecule has 5 heteroatoms. The number of hydrogen-bond donors (Lipinski definition) is 1. The smallest absolute Gasteiger partial charge is 0.139 e. The van der Waals surface area contributed by atoms with Crippen LogP contribution in [0.25, 0.3) is 0 Å². The van der Waals surface area contributed by atoms with Crippen molar-refractivity contribution in [3.63, 3.8) is 0 Å². The molecule has 1 N–H and O–H groups in total. The molecule has 0 aliphatic carbocycles. The summed E-state index contributed by atoms with van der Waals surface area (Å²) in [5.74, 6) is 1.27. The van der Waals surface area contributed by atoms with Gasteiger partial charge in [-0.05, 0) is 12.5 Å². The third-order valence-electron chi connectivity index (χ3n) is 2.26. The zero-order chi connectivity index (χ0) is 13.4. The Hall–Kier alpha value is -0.840. The molecule has 0 saturated heterocycles. The number of nitrogens with zero attached hydrogens (tertiary/aromatic N) is 1. The minimum absolute atomic E-state index is 0.0472. The van der Waals surface area contributed by atoms with E-state index in [-0.39, 0.29) is 6.10 Å². The summed E-state index contributed by atoms with van der Waals surface area (Å²) in [4.78, 5) is 3.99. The number of aromatic nitrogens is 1. The molecular weight excluding hydrogens is 252 g/mol. The summed E-state index contributed by atoms with van der Waals surface area (Å²) in [5, 5.41) is 3.91. The normalized spacial score (nSPS) is 12.7. The second-order valence-corrected chi connectivity index (χ2v) is 5.02. The molecule has 0 amide bonds. The first-order chi connectivity index (χ1) is 8.61. The van der Waals surface area contributed by atoms with Crippen LogP contribution >= 0.6 is 11.6 Å². The van der Waals surface area contributed by atoms with Gasteiger partial charge in [0.2, 0.25) is 0 Å². The Morgan fingerprint density at radius 3 is 2.72 bits per heavy atom. The average Bonchev–Trinajstić information content (AvgIpc) is 2.28. The summed E-state index contributed by atoms with van der Waals surface area (Å²) in [6.45, 7) is 6.55. The van der Waals surface area contributed by atoms with Crippen molar-refractivity contribution in [2.75, 3.05) is 26.8 Å². The molecule has 18 heavy (non-hydrogen) atoms. The van der Waals surface area contributed by atoms with Crippen molar-refractivity contribution in [2.24, 2.45) is 5.92 Å². The van der Waals surface area contributed by atoms with E-state index in [2.05, 4.69) is 24.1 Å². The van der Waals surface area contributed by atoms with E-state index in [4.69, 9.17) is 21.1 Å². The SMILES string of the molecule is COCC(CNCC(C)C)Oc1cncc(Cl)c1. The minimum atomic E-state index is -0.0472. The van der Waals surface area contributed by atoms with E-state index in [1.165, 1.54) is 0 Å². The van der Waals surface area contributed by atoms with Gasteiger partial charge in [0.1, 0.15) is 11.9 Å². The highest BCUT2D eigenvalue weighted by Gasteiger charge is 2.11. The Balaban J connectivity index is 2.46. The van der Waals surface area contributed by atoms with E-state index in [1.54, 1.807) is 25.6 Å². The van der Waals surface area contributed by atoms with Gasteiger partial charge in [0.25, 0.3) is 0 Å². The number of nitrogens with one attached hydrogen (secondary N) is 1. The van der Waals surface area contributed by atoms with Gasteiger partial charge in [-0.2, -0.15) is 0 Å². The number of methoxy groups -OCH3 is 1. The molecule has 0 saturated carbocycles. The van der Waals surface area contributed by atoms with Crippen LogP contribution in [0.4, 0.5) is 0 Å². The molecule has 0 fully saturated rings. The third-order valence-corrected chi connectivity index (χ3v) is 2.47. The van der Waals surface area contributed by atoms with Crippen LogP contribution < -0.4 is 10.1 Å². The van der Waals surface area contributed by atoms with Gasteiger partial charge in [0, 0.05) is 25.9 Å². The van der Waals surface area contributed by atoms with Crippen molar-refractivity contribution in [3.05, 3.63) is 23.5 Å². The fourth-order valence-corrected chi connectivity index (χ4v) is 1.67. The molecule has 1 aromatic rings. The zero-order valence-corrected chi connectivity index (χ0v) is 11.9. The fourth-order valence-electron chi connectivity index (χ4n) is 1.50. The lowest BCUT2D eigenvalue weighted by Crippen LogP contribution is -2.36. The van der Waals surface area contributed by atoms with Crippen LogP contribution in [0, 0.1) is 5.92 Å². The summed E-state index contributed by atoms with van der Waals surface area (Å²) in [6.07, 6.45) is 3.18. The highest BCUT2D eigenvalue weighted by atomic mass is 35.5. The predicted molar refractivity (Wildman–Crippen MR) is 73.2 cm³/mol. The lowest BCUT2D eigenvalue weighted by Gasteiger charge is -2.19. The zero-order valence-electron chi connectivity index (χ0n) is 11.1. The number of hydrogen-bond acceptors (Lipinski definition) is 4. The van der Waals surface area contributed by atoms with E-state index < -0.39 is 0 Å². The molecule has 1 unspecified atom stereocenters. The molecule has 0 spiro atoms. The second kappa shape index (κ2) is 8.29. The molecule has 0 aliphatic rings. The Bertz CT molecular complexity index is 348. The molecule has 0 aliphatic heterocycles. The summed E-state index contributed by atoms with van der Waals surface area (Å²) in [5.41, 5.74) is 0. The quantitative estimate of drug-likeness (QED) is 0.789. The molecule has 1 atom stereocenters. The first-order valence-electron chi connectivity index (χ1n) is 6.08. The molecule has 1 aromatic heterocycles. The largest absolute Gasteiger partial charge is 0.485 e. The summed E-state index contributed by atoms with van der Waals surface area (Å²) >= 11 is 5.86. The number of ether oxygens (including phenoxy) is 2. The third kappa shape index (κ3) is 6.19. The minimum Gasteiger partial charge on any atom is -0.485 e. The Morgan fingerprint density at radius 2 is 2.11 bits per heavy atom. The van der Waals surface area contributed by atoms with E-state index >= 15 is 0 Å². The molecular formula is C13H21ClN2O2. The number of pyridine rings is 1. The molecule has 4 nitrogen and oxygen atoms in total. The Kier molecular flexibility index (Phi) is 7.01. The van der Waals surface area contributed by atoms with Gasteiger partial charge in [0.05, 0.1) is 17.8 Å². The van der Waals surface area contributed by atoms with Crippen LogP contribution in [0.5, 0.6) is 5.75 Å². The van der Waals surface area contributed by atoms with E-state index in [0.717, 1.165) is 13.1 Å². The van der Waals surface area contributed by atoms with E-state index in [9.17, 15) is 0 Å². The van der Waals surface area contributed by atoms with Gasteiger partial charge >= 0.3 is 0 Å². The van der Waals surface area contributed by atoms with Crippen LogP contribution in [-0.4, -0.2) is 37.9 Å². The molecule has 0 aromatic carbocycles. The van der Waals surface area contributed by atoms with Gasteiger partial charge in [-0.25, -0.2) is 0 Å². The number of rotatable bonds is 8. The first-order valence-corrected chi connectivity index (χ1v) is 6.46. The van der Waals surface area contributed by atoms with Gasteiger partial charge in [-0.1, -0.05) is 25.4 Å². The highest BCUT2D eigenvalue weighted by molar-refractivity contribution is 6.30. The van der Waals surface area contributed by atoms with Crippen molar-refractivity contribution in [1.82, 2.24) is 10.3 Å². The van der Waals surface area contributed by atoms with Gasteiger partial charge in [0.15, 0.2) is 0 Å². The van der Waals surface area contributed by atoms with Crippen LogP contribution in [0.2, 0.25) is 5.02 Å². The van der Waals surface area contributed by atoms with E-state index in [0.29, 0.717) is 23.3 Å². The molecule has 0 radical (unpaired) electrons. The summed E-state index contributed by atoms with van der Waals surface area (Å²) in [6, 6.07) is 1.75. The van der Waals surface area contributed by atoms with Crippen molar-refractivity contribution < 1.29 is 9.47 Å². The van der Waals surface area contributed by atoms with Crippen molar-refractivity contribution in [2.45, 2.75) is 20.0 Å².